The average molecular weight is 373 g/mol. The highest BCUT2D eigenvalue weighted by Gasteiger charge is 2.19. The minimum Gasteiger partial charge on any atom is -0.499 e. The average Bonchev–Trinajstić information content (AvgIpc) is 3.31. The molecule has 0 bridgehead atoms. The highest BCUT2D eigenvalue weighted by molar-refractivity contribution is 7.17. The molecule has 0 spiro atoms. The van der Waals surface area contributed by atoms with Gasteiger partial charge in [-0.2, -0.15) is 0 Å². The Balaban J connectivity index is 2.05. The summed E-state index contributed by atoms with van der Waals surface area (Å²) in [7, 11) is 0. The van der Waals surface area contributed by atoms with Crippen LogP contribution in [0.15, 0.2) is 64.7 Å². The summed E-state index contributed by atoms with van der Waals surface area (Å²) in [6.07, 6.45) is 0. The van der Waals surface area contributed by atoms with Crippen molar-refractivity contribution in [2.24, 2.45) is 0 Å². The first-order valence-corrected chi connectivity index (χ1v) is 10.4. The van der Waals surface area contributed by atoms with Crippen LogP contribution in [0.3, 0.4) is 0 Å². The van der Waals surface area contributed by atoms with Gasteiger partial charge in [-0.15, -0.1) is 34.0 Å². The van der Waals surface area contributed by atoms with Crippen molar-refractivity contribution >= 4 is 56.5 Å². The molecule has 1 N–H and O–H groups in total. The van der Waals surface area contributed by atoms with Crippen LogP contribution in [-0.4, -0.2) is 5.11 Å². The van der Waals surface area contributed by atoms with Crippen LogP contribution in [0.5, 0.6) is 5.06 Å². The molecule has 4 rings (SSSR count). The molecule has 114 valence electrons. The largest absolute Gasteiger partial charge is 0.499 e. The Morgan fingerprint density at radius 3 is 1.43 bits per heavy atom. The molecular formula is C18H12OS4. The van der Waals surface area contributed by atoms with Crippen molar-refractivity contribution in [3.63, 3.8) is 0 Å². The lowest BCUT2D eigenvalue weighted by Gasteiger charge is -2.11. The summed E-state index contributed by atoms with van der Waals surface area (Å²) in [6, 6.07) is 16.5. The van der Waals surface area contributed by atoms with Crippen LogP contribution in [0.2, 0.25) is 0 Å². The fraction of sp³-hybridized carbons (Fsp3) is 0. The van der Waals surface area contributed by atoms with E-state index < -0.39 is 0 Å². The first-order valence-electron chi connectivity index (χ1n) is 6.98. The van der Waals surface area contributed by atoms with E-state index in [9.17, 15) is 5.11 Å². The van der Waals surface area contributed by atoms with E-state index in [1.807, 2.05) is 6.07 Å². The fourth-order valence-corrected chi connectivity index (χ4v) is 5.77. The van der Waals surface area contributed by atoms with Crippen molar-refractivity contribution in [2.45, 2.75) is 0 Å². The van der Waals surface area contributed by atoms with E-state index in [-0.39, 0.29) is 0 Å². The van der Waals surface area contributed by atoms with Gasteiger partial charge in [-0.1, -0.05) is 29.5 Å². The van der Waals surface area contributed by atoms with Gasteiger partial charge in [0.2, 0.25) is 0 Å². The van der Waals surface area contributed by atoms with E-state index in [1.54, 1.807) is 40.1 Å². The van der Waals surface area contributed by atoms with Gasteiger partial charge < -0.3 is 5.11 Å². The van der Waals surface area contributed by atoms with Crippen LogP contribution in [0.25, 0.3) is 11.1 Å². The van der Waals surface area contributed by atoms with Crippen LogP contribution < -0.4 is 0 Å². The van der Waals surface area contributed by atoms with E-state index in [2.05, 4.69) is 52.5 Å². The number of thiophene rings is 4. The van der Waals surface area contributed by atoms with Crippen LogP contribution >= 0.6 is 45.3 Å². The second-order valence-corrected chi connectivity index (χ2v) is 8.73. The van der Waals surface area contributed by atoms with E-state index in [0.29, 0.717) is 5.06 Å². The van der Waals surface area contributed by atoms with E-state index in [4.69, 9.17) is 0 Å². The summed E-state index contributed by atoms with van der Waals surface area (Å²) in [5.74, 6) is 0. The molecule has 4 aromatic heterocycles. The van der Waals surface area contributed by atoms with Crippen molar-refractivity contribution in [3.8, 4) is 5.06 Å². The smallest absolute Gasteiger partial charge is 0.171 e. The van der Waals surface area contributed by atoms with Gasteiger partial charge in [0, 0.05) is 30.7 Å². The van der Waals surface area contributed by atoms with Gasteiger partial charge in [0.05, 0.1) is 0 Å². The van der Waals surface area contributed by atoms with Gasteiger partial charge >= 0.3 is 0 Å². The molecule has 1 nitrogen and oxygen atoms in total. The molecule has 0 saturated heterocycles. The second-order valence-electron chi connectivity index (χ2n) is 4.82. The Morgan fingerprint density at radius 2 is 1.09 bits per heavy atom. The molecule has 5 heteroatoms. The number of hydrogen-bond donors (Lipinski definition) is 1. The normalized spacial score (nSPS) is 10.8. The van der Waals surface area contributed by atoms with Crippen LogP contribution in [0.1, 0.15) is 19.5 Å². The zero-order valence-corrected chi connectivity index (χ0v) is 15.2. The number of hydrogen-bond acceptors (Lipinski definition) is 5. The molecule has 0 aromatic carbocycles. The van der Waals surface area contributed by atoms with Gasteiger partial charge in [0.15, 0.2) is 5.06 Å². The van der Waals surface area contributed by atoms with Gasteiger partial charge in [0.25, 0.3) is 0 Å². The lowest BCUT2D eigenvalue weighted by Crippen LogP contribution is -1.90. The second kappa shape index (κ2) is 6.45. The van der Waals surface area contributed by atoms with Gasteiger partial charge in [0.1, 0.15) is 0 Å². The molecule has 0 aliphatic heterocycles. The van der Waals surface area contributed by atoms with Crippen molar-refractivity contribution in [3.05, 3.63) is 84.2 Å². The van der Waals surface area contributed by atoms with Gasteiger partial charge in [-0.3, -0.25) is 0 Å². The van der Waals surface area contributed by atoms with Crippen molar-refractivity contribution in [1.29, 1.82) is 0 Å². The molecule has 0 aliphatic rings. The maximum Gasteiger partial charge on any atom is 0.171 e. The van der Waals surface area contributed by atoms with Crippen molar-refractivity contribution in [2.75, 3.05) is 0 Å². The Labute approximate surface area is 150 Å². The summed E-state index contributed by atoms with van der Waals surface area (Å²) < 4.78 is 0. The Kier molecular flexibility index (Phi) is 4.18. The van der Waals surface area contributed by atoms with Gasteiger partial charge in [-0.25, -0.2) is 0 Å². The first kappa shape index (κ1) is 14.9. The molecule has 0 unspecified atom stereocenters. The highest BCUT2D eigenvalue weighted by atomic mass is 32.1. The molecule has 23 heavy (non-hydrogen) atoms. The summed E-state index contributed by atoms with van der Waals surface area (Å²) >= 11 is 6.67. The zero-order chi connectivity index (χ0) is 15.6. The van der Waals surface area contributed by atoms with Crippen molar-refractivity contribution < 1.29 is 5.11 Å². The minimum atomic E-state index is 0.353. The molecule has 0 saturated carbocycles. The summed E-state index contributed by atoms with van der Waals surface area (Å²) in [4.78, 5) is 4.83. The Morgan fingerprint density at radius 1 is 0.609 bits per heavy atom. The van der Waals surface area contributed by atoms with Crippen LogP contribution in [0.4, 0.5) is 0 Å². The van der Waals surface area contributed by atoms with E-state index in [1.165, 1.54) is 37.1 Å². The Hall–Kier alpha value is -1.66. The van der Waals surface area contributed by atoms with Crippen molar-refractivity contribution in [1.82, 2.24) is 0 Å². The molecule has 4 aromatic rings. The SMILES string of the molecule is Oc1ccc(C(=C(c2cccs2)c2cccs2)c2cccs2)s1. The molecule has 0 amide bonds. The third-order valence-electron chi connectivity index (χ3n) is 3.39. The summed E-state index contributed by atoms with van der Waals surface area (Å²) in [5.41, 5.74) is 2.45. The maximum absolute atomic E-state index is 9.85. The predicted octanol–water partition coefficient (Wildman–Crippen LogP) is 6.65. The monoisotopic (exact) mass is 372 g/mol. The number of aromatic hydroxyl groups is 1. The predicted molar refractivity (Wildman–Crippen MR) is 104 cm³/mol. The minimum absolute atomic E-state index is 0.353. The molecule has 0 fully saturated rings. The molecule has 4 heterocycles. The maximum atomic E-state index is 9.85. The Bertz CT molecular complexity index is 874. The third-order valence-corrected chi connectivity index (χ3v) is 6.96. The quantitative estimate of drug-likeness (QED) is 0.425. The van der Waals surface area contributed by atoms with E-state index in [0.717, 1.165) is 4.88 Å². The highest BCUT2D eigenvalue weighted by Crippen LogP contribution is 2.44. The standard InChI is InChI=1S/C18H12OS4/c19-16-8-7-15(23-16)18(14-6-3-11-22-14)17(12-4-1-9-20-12)13-5-2-10-21-13/h1-11,19H. The topological polar surface area (TPSA) is 20.2 Å². The molecule has 0 atom stereocenters. The molecule has 0 aliphatic carbocycles. The first-order chi connectivity index (χ1) is 11.3. The summed E-state index contributed by atoms with van der Waals surface area (Å²) in [5, 5.41) is 16.5. The third kappa shape index (κ3) is 2.93. The summed E-state index contributed by atoms with van der Waals surface area (Å²) in [6.45, 7) is 0. The van der Waals surface area contributed by atoms with E-state index >= 15 is 0 Å². The molecular weight excluding hydrogens is 360 g/mol. The number of rotatable bonds is 4. The van der Waals surface area contributed by atoms with Crippen LogP contribution in [0, 0.1) is 0 Å². The molecule has 0 radical (unpaired) electrons. The zero-order valence-electron chi connectivity index (χ0n) is 11.9. The lowest BCUT2D eigenvalue weighted by molar-refractivity contribution is 0.491. The fourth-order valence-electron chi connectivity index (χ4n) is 2.46. The van der Waals surface area contributed by atoms with Crippen LogP contribution in [-0.2, 0) is 0 Å². The lowest BCUT2D eigenvalue weighted by atomic mass is 10.0. The van der Waals surface area contributed by atoms with Gasteiger partial charge in [-0.05, 0) is 46.5 Å².